The van der Waals surface area contributed by atoms with Gasteiger partial charge in [0.2, 0.25) is 0 Å². The molecule has 0 atom stereocenters. The molecule has 1 heterocycles. The number of aromatic nitrogens is 2. The minimum atomic E-state index is -0.530. The predicted octanol–water partition coefficient (Wildman–Crippen LogP) is 2.09. The summed E-state index contributed by atoms with van der Waals surface area (Å²) < 4.78 is 1.00. The first-order chi connectivity index (χ1) is 12.0. The largest absolute Gasteiger partial charge is 0.280 e. The molecule has 1 N–H and O–H groups in total. The molecule has 0 fully saturated rings. The molecule has 0 saturated heterocycles. The van der Waals surface area contributed by atoms with Gasteiger partial charge in [-0.05, 0) is 35.9 Å². The molecule has 25 heavy (non-hydrogen) atoms. The zero-order valence-electron chi connectivity index (χ0n) is 12.8. The fourth-order valence-corrected chi connectivity index (χ4v) is 2.18. The second-order valence-corrected chi connectivity index (χ2v) is 5.09. The lowest BCUT2D eigenvalue weighted by Gasteiger charge is -2.06. The summed E-state index contributed by atoms with van der Waals surface area (Å²) in [7, 11) is 0. The molecule has 0 aliphatic carbocycles. The van der Waals surface area contributed by atoms with Crippen LogP contribution in [-0.4, -0.2) is 20.5 Å². The first-order valence-corrected chi connectivity index (χ1v) is 7.24. The Bertz CT molecular complexity index is 1040. The fourth-order valence-electron chi connectivity index (χ4n) is 2.18. The van der Waals surface area contributed by atoms with Crippen LogP contribution >= 0.6 is 0 Å². The highest BCUT2D eigenvalue weighted by molar-refractivity contribution is 5.97. The van der Waals surface area contributed by atoms with Gasteiger partial charge in [0.15, 0.2) is 0 Å². The molecule has 3 rings (SSSR count). The van der Waals surface area contributed by atoms with Crippen molar-refractivity contribution in [3.05, 3.63) is 87.0 Å². The minimum Gasteiger partial charge on any atom is -0.268 e. The van der Waals surface area contributed by atoms with E-state index in [4.69, 9.17) is 0 Å². The number of para-hydroxylation sites is 1. The molecular weight excluding hydrogens is 324 g/mol. The van der Waals surface area contributed by atoms with E-state index in [0.29, 0.717) is 16.5 Å². The first kappa shape index (κ1) is 16.1. The molecule has 0 bridgehead atoms. The summed E-state index contributed by atoms with van der Waals surface area (Å²) in [6.07, 6.45) is 3.95. The normalized spacial score (nSPS) is 10.9. The van der Waals surface area contributed by atoms with E-state index in [1.807, 2.05) is 0 Å². The van der Waals surface area contributed by atoms with Crippen LogP contribution in [0.15, 0.2) is 65.7 Å². The lowest BCUT2D eigenvalue weighted by Crippen LogP contribution is -2.32. The van der Waals surface area contributed by atoms with E-state index in [2.05, 4.69) is 10.4 Å². The van der Waals surface area contributed by atoms with Gasteiger partial charge >= 0.3 is 0 Å². The topological polar surface area (TPSA) is 107 Å². The third kappa shape index (κ3) is 3.58. The molecule has 0 radical (unpaired) electrons. The van der Waals surface area contributed by atoms with Crippen LogP contribution in [-0.2, 0) is 4.79 Å². The van der Waals surface area contributed by atoms with E-state index in [9.17, 15) is 19.7 Å². The maximum absolute atomic E-state index is 12.3. The molecule has 1 aromatic heterocycles. The predicted molar refractivity (Wildman–Crippen MR) is 92.5 cm³/mol. The van der Waals surface area contributed by atoms with Gasteiger partial charge in [0.1, 0.15) is 6.33 Å². The number of non-ortho nitro benzene ring substituents is 1. The Hall–Kier alpha value is -3.81. The summed E-state index contributed by atoms with van der Waals surface area (Å²) in [5, 5.41) is 11.0. The number of nitrogens with one attached hydrogen (secondary N) is 1. The van der Waals surface area contributed by atoms with Crippen LogP contribution in [0.25, 0.3) is 17.0 Å². The smallest absolute Gasteiger partial charge is 0.268 e. The maximum atomic E-state index is 12.3. The molecule has 8 heteroatoms. The molecule has 0 spiro atoms. The number of nitrogens with zero attached hydrogens (tertiary/aromatic N) is 3. The van der Waals surface area contributed by atoms with Crippen molar-refractivity contribution in [2.45, 2.75) is 0 Å². The van der Waals surface area contributed by atoms with Gasteiger partial charge in [0.05, 0.1) is 15.8 Å². The molecule has 0 unspecified atom stereocenters. The zero-order valence-corrected chi connectivity index (χ0v) is 12.8. The molecule has 0 aliphatic rings. The van der Waals surface area contributed by atoms with Crippen molar-refractivity contribution in [1.82, 2.24) is 9.66 Å². The number of nitro benzene ring substituents is 1. The van der Waals surface area contributed by atoms with E-state index < -0.39 is 10.8 Å². The van der Waals surface area contributed by atoms with Crippen molar-refractivity contribution in [3.63, 3.8) is 0 Å². The van der Waals surface area contributed by atoms with Crippen LogP contribution in [0.2, 0.25) is 0 Å². The minimum absolute atomic E-state index is 0.0320. The summed E-state index contributed by atoms with van der Waals surface area (Å²) in [5.41, 5.74) is 3.15. The molecule has 1 amide bonds. The number of benzene rings is 2. The van der Waals surface area contributed by atoms with Crippen LogP contribution in [0.3, 0.4) is 0 Å². The van der Waals surface area contributed by atoms with Gasteiger partial charge in [-0.3, -0.25) is 25.1 Å². The van der Waals surface area contributed by atoms with Crippen LogP contribution < -0.4 is 11.0 Å². The molecule has 124 valence electrons. The number of hydrogen-bond donors (Lipinski definition) is 1. The number of fused-ring (bicyclic) bond motifs is 1. The number of rotatable bonds is 4. The summed E-state index contributed by atoms with van der Waals surface area (Å²) in [5.74, 6) is -0.530. The standard InChI is InChI=1S/C17H12N4O4/c22-16(10-7-12-5-8-13(9-6-12)21(24)25)19-20-11-18-15-4-2-1-3-14(15)17(20)23/h1-11H,(H,19,22). The highest BCUT2D eigenvalue weighted by Gasteiger charge is 2.05. The molecule has 8 nitrogen and oxygen atoms in total. The van der Waals surface area contributed by atoms with E-state index in [1.165, 1.54) is 42.7 Å². The lowest BCUT2D eigenvalue weighted by molar-refractivity contribution is -0.384. The average molecular weight is 336 g/mol. The third-order valence-electron chi connectivity index (χ3n) is 3.43. The van der Waals surface area contributed by atoms with E-state index in [0.717, 1.165) is 4.68 Å². The van der Waals surface area contributed by atoms with Crippen molar-refractivity contribution in [2.75, 3.05) is 5.43 Å². The van der Waals surface area contributed by atoms with Crippen molar-refractivity contribution in [1.29, 1.82) is 0 Å². The van der Waals surface area contributed by atoms with Crippen LogP contribution in [0.5, 0.6) is 0 Å². The molecule has 0 saturated carbocycles. The Labute approximate surface area is 141 Å². The van der Waals surface area contributed by atoms with E-state index in [-0.39, 0.29) is 11.2 Å². The number of hydrogen-bond acceptors (Lipinski definition) is 5. The van der Waals surface area contributed by atoms with Gasteiger partial charge in [-0.25, -0.2) is 9.66 Å². The quantitative estimate of drug-likeness (QED) is 0.446. The number of carbonyl (C=O) groups excluding carboxylic acids is 1. The first-order valence-electron chi connectivity index (χ1n) is 7.24. The summed E-state index contributed by atoms with van der Waals surface area (Å²) in [4.78, 5) is 38.4. The SMILES string of the molecule is O=C(C=Cc1ccc([N+](=O)[O-])cc1)Nn1cnc2ccccc2c1=O. The monoisotopic (exact) mass is 336 g/mol. The van der Waals surface area contributed by atoms with Crippen LogP contribution in [0, 0.1) is 10.1 Å². The maximum Gasteiger partial charge on any atom is 0.280 e. The Kier molecular flexibility index (Phi) is 4.34. The Morgan fingerprint density at radius 1 is 1.16 bits per heavy atom. The number of amides is 1. The van der Waals surface area contributed by atoms with Gasteiger partial charge < -0.3 is 0 Å². The molecule has 3 aromatic rings. The van der Waals surface area contributed by atoms with Crippen LogP contribution in [0.1, 0.15) is 5.56 Å². The van der Waals surface area contributed by atoms with Crippen molar-refractivity contribution < 1.29 is 9.72 Å². The average Bonchev–Trinajstić information content (AvgIpc) is 2.63. The molecule has 2 aromatic carbocycles. The summed E-state index contributed by atoms with van der Waals surface area (Å²) in [6, 6.07) is 12.5. The Morgan fingerprint density at radius 3 is 2.60 bits per heavy atom. The van der Waals surface area contributed by atoms with Gasteiger partial charge in [0, 0.05) is 18.2 Å². The van der Waals surface area contributed by atoms with Gasteiger partial charge in [0.25, 0.3) is 17.2 Å². The van der Waals surface area contributed by atoms with Gasteiger partial charge in [-0.2, -0.15) is 0 Å². The highest BCUT2D eigenvalue weighted by atomic mass is 16.6. The molecular formula is C17H12N4O4. The third-order valence-corrected chi connectivity index (χ3v) is 3.43. The van der Waals surface area contributed by atoms with Crippen LogP contribution in [0.4, 0.5) is 5.69 Å². The highest BCUT2D eigenvalue weighted by Crippen LogP contribution is 2.12. The number of nitro groups is 1. The van der Waals surface area contributed by atoms with Crippen molar-refractivity contribution in [2.24, 2.45) is 0 Å². The Balaban J connectivity index is 1.75. The van der Waals surface area contributed by atoms with Gasteiger partial charge in [-0.15, -0.1) is 0 Å². The summed E-state index contributed by atoms with van der Waals surface area (Å²) in [6.45, 7) is 0. The number of carbonyl (C=O) groups is 1. The van der Waals surface area contributed by atoms with E-state index >= 15 is 0 Å². The van der Waals surface area contributed by atoms with Crippen molar-refractivity contribution in [3.8, 4) is 0 Å². The second kappa shape index (κ2) is 6.75. The molecule has 0 aliphatic heterocycles. The lowest BCUT2D eigenvalue weighted by atomic mass is 10.2. The van der Waals surface area contributed by atoms with Crippen molar-refractivity contribution >= 4 is 28.6 Å². The zero-order chi connectivity index (χ0) is 17.8. The Morgan fingerprint density at radius 2 is 1.88 bits per heavy atom. The fraction of sp³-hybridized carbons (Fsp3) is 0. The van der Waals surface area contributed by atoms with Gasteiger partial charge in [-0.1, -0.05) is 12.1 Å². The summed E-state index contributed by atoms with van der Waals surface area (Å²) >= 11 is 0. The van der Waals surface area contributed by atoms with E-state index in [1.54, 1.807) is 24.3 Å². The second-order valence-electron chi connectivity index (χ2n) is 5.09.